The number of benzene rings is 1. The minimum Gasteiger partial charge on any atom is -0.445 e. The van der Waals surface area contributed by atoms with Gasteiger partial charge in [0.2, 0.25) is 5.95 Å². The van der Waals surface area contributed by atoms with Crippen LogP contribution in [0.1, 0.15) is 12.8 Å². The number of nitrogens with zero attached hydrogens (tertiary/aromatic N) is 3. The molecule has 4 rings (SSSR count). The zero-order valence-electron chi connectivity index (χ0n) is 15.9. The third-order valence-electron chi connectivity index (χ3n) is 4.93. The Morgan fingerprint density at radius 3 is 2.53 bits per heavy atom. The number of anilines is 1. The average molecular weight is 436 g/mol. The highest BCUT2D eigenvalue weighted by Gasteiger charge is 2.24. The molecule has 30 heavy (non-hydrogen) atoms. The van der Waals surface area contributed by atoms with Gasteiger partial charge in [0.05, 0.1) is 11.5 Å². The number of rotatable bonds is 4. The van der Waals surface area contributed by atoms with Gasteiger partial charge in [0, 0.05) is 24.7 Å². The Morgan fingerprint density at radius 2 is 1.87 bits per heavy atom. The predicted molar refractivity (Wildman–Crippen MR) is 107 cm³/mol. The fourth-order valence-electron chi connectivity index (χ4n) is 3.27. The summed E-state index contributed by atoms with van der Waals surface area (Å²) in [6.45, 7) is 0. The average Bonchev–Trinajstić information content (AvgIpc) is 2.70. The Labute approximate surface area is 170 Å². The minimum atomic E-state index is -2.99. The first-order valence-corrected chi connectivity index (χ1v) is 11.0. The van der Waals surface area contributed by atoms with Crippen molar-refractivity contribution in [2.45, 2.75) is 18.9 Å². The lowest BCUT2D eigenvalue weighted by molar-refractivity contribution is 0.401. The highest BCUT2D eigenvalue weighted by Crippen LogP contribution is 2.27. The molecule has 0 bridgehead atoms. The van der Waals surface area contributed by atoms with Crippen molar-refractivity contribution in [2.24, 2.45) is 7.05 Å². The van der Waals surface area contributed by atoms with Crippen LogP contribution >= 0.6 is 0 Å². The van der Waals surface area contributed by atoms with Crippen LogP contribution in [0.25, 0.3) is 11.0 Å². The summed E-state index contributed by atoms with van der Waals surface area (Å²) in [7, 11) is -1.53. The molecule has 11 heteroatoms. The van der Waals surface area contributed by atoms with E-state index in [9.17, 15) is 22.0 Å². The first kappa shape index (κ1) is 20.2. The lowest BCUT2D eigenvalue weighted by Crippen LogP contribution is -2.32. The van der Waals surface area contributed by atoms with Crippen molar-refractivity contribution < 1.29 is 21.9 Å². The van der Waals surface area contributed by atoms with Gasteiger partial charge < -0.3 is 10.1 Å². The maximum atomic E-state index is 13.9. The number of fused-ring (bicyclic) bond motifs is 1. The molecular weight excluding hydrogens is 418 g/mol. The summed E-state index contributed by atoms with van der Waals surface area (Å²) in [4.78, 5) is 21.2. The van der Waals surface area contributed by atoms with Crippen LogP contribution in [0.2, 0.25) is 0 Å². The lowest BCUT2D eigenvalue weighted by Gasteiger charge is -2.23. The number of pyridine rings is 1. The number of halogens is 2. The van der Waals surface area contributed by atoms with Gasteiger partial charge in [-0.05, 0) is 31.0 Å². The standard InChI is InChI=1S/C19H18F2N4O4S/c1-25-17-11(9-15(18(25)26)29-16-13(20)3-2-4-14(16)21)10-22-19(24-17)23-12-5-7-30(27,28)8-6-12/h2-4,9-10,12H,5-8H2,1H3,(H,22,23,24). The molecule has 3 aromatic rings. The summed E-state index contributed by atoms with van der Waals surface area (Å²) in [5, 5.41) is 3.53. The van der Waals surface area contributed by atoms with Crippen LogP contribution in [0.4, 0.5) is 14.7 Å². The first-order valence-electron chi connectivity index (χ1n) is 9.19. The third-order valence-corrected chi connectivity index (χ3v) is 6.65. The van der Waals surface area contributed by atoms with E-state index in [1.807, 2.05) is 0 Å². The van der Waals surface area contributed by atoms with Crippen molar-refractivity contribution >= 4 is 26.8 Å². The summed E-state index contributed by atoms with van der Waals surface area (Å²) >= 11 is 0. The maximum absolute atomic E-state index is 13.9. The molecule has 0 atom stereocenters. The van der Waals surface area contributed by atoms with Crippen LogP contribution in [-0.4, -0.2) is 40.5 Å². The molecular formula is C19H18F2N4O4S. The normalized spacial score (nSPS) is 16.5. The minimum absolute atomic E-state index is 0.0883. The van der Waals surface area contributed by atoms with Gasteiger partial charge in [0.25, 0.3) is 5.56 Å². The second-order valence-corrected chi connectivity index (χ2v) is 9.37. The third kappa shape index (κ3) is 3.97. The van der Waals surface area contributed by atoms with Crippen LogP contribution in [0, 0.1) is 11.6 Å². The van der Waals surface area contributed by atoms with Gasteiger partial charge >= 0.3 is 0 Å². The number of hydrogen-bond acceptors (Lipinski definition) is 7. The molecule has 8 nitrogen and oxygen atoms in total. The summed E-state index contributed by atoms with van der Waals surface area (Å²) in [5.74, 6) is -2.33. The Morgan fingerprint density at radius 1 is 1.20 bits per heavy atom. The molecule has 1 aliphatic heterocycles. The van der Waals surface area contributed by atoms with E-state index in [1.54, 1.807) is 0 Å². The molecule has 1 saturated heterocycles. The van der Waals surface area contributed by atoms with E-state index >= 15 is 0 Å². The predicted octanol–water partition coefficient (Wildman–Crippen LogP) is 2.39. The molecule has 0 radical (unpaired) electrons. The Bertz CT molecular complexity index is 1260. The van der Waals surface area contributed by atoms with Gasteiger partial charge in [-0.2, -0.15) is 4.98 Å². The molecule has 1 aliphatic rings. The monoisotopic (exact) mass is 436 g/mol. The van der Waals surface area contributed by atoms with Crippen molar-refractivity contribution in [3.05, 3.63) is 52.5 Å². The number of para-hydroxylation sites is 1. The van der Waals surface area contributed by atoms with E-state index in [2.05, 4.69) is 15.3 Å². The zero-order valence-corrected chi connectivity index (χ0v) is 16.7. The fourth-order valence-corrected chi connectivity index (χ4v) is 4.76. The lowest BCUT2D eigenvalue weighted by atomic mass is 10.2. The van der Waals surface area contributed by atoms with Crippen molar-refractivity contribution in [3.63, 3.8) is 0 Å². The Kier molecular flexibility index (Phi) is 5.14. The quantitative estimate of drug-likeness (QED) is 0.670. The summed E-state index contributed by atoms with van der Waals surface area (Å²) in [6.07, 6.45) is 2.35. The topological polar surface area (TPSA) is 103 Å². The summed E-state index contributed by atoms with van der Waals surface area (Å²) in [5.41, 5.74) is -0.333. The number of sulfone groups is 1. The SMILES string of the molecule is Cn1c(=O)c(Oc2c(F)cccc2F)cc2cnc(NC3CCS(=O)(=O)CC3)nc21. The van der Waals surface area contributed by atoms with Crippen LogP contribution in [0.15, 0.2) is 35.3 Å². The van der Waals surface area contributed by atoms with Gasteiger partial charge in [-0.25, -0.2) is 22.2 Å². The molecule has 1 aromatic carbocycles. The van der Waals surface area contributed by atoms with Gasteiger partial charge in [-0.3, -0.25) is 9.36 Å². The van der Waals surface area contributed by atoms with Crippen LogP contribution < -0.4 is 15.6 Å². The second-order valence-electron chi connectivity index (χ2n) is 7.07. The number of aromatic nitrogens is 3. The van der Waals surface area contributed by atoms with Crippen molar-refractivity contribution in [2.75, 3.05) is 16.8 Å². The van der Waals surface area contributed by atoms with E-state index in [4.69, 9.17) is 4.74 Å². The first-order chi connectivity index (χ1) is 14.2. The largest absolute Gasteiger partial charge is 0.445 e. The van der Waals surface area contributed by atoms with Gasteiger partial charge in [0.1, 0.15) is 15.5 Å². The van der Waals surface area contributed by atoms with E-state index < -0.39 is 32.8 Å². The van der Waals surface area contributed by atoms with E-state index in [0.29, 0.717) is 23.9 Å². The molecule has 0 amide bonds. The molecule has 0 aliphatic carbocycles. The number of aryl methyl sites for hydroxylation is 1. The number of hydrogen-bond donors (Lipinski definition) is 1. The van der Waals surface area contributed by atoms with Crippen molar-refractivity contribution in [1.82, 2.24) is 14.5 Å². The zero-order chi connectivity index (χ0) is 21.5. The van der Waals surface area contributed by atoms with Gasteiger partial charge in [-0.15, -0.1) is 0 Å². The molecule has 0 unspecified atom stereocenters. The van der Waals surface area contributed by atoms with Crippen LogP contribution in [0.3, 0.4) is 0 Å². The fraction of sp³-hybridized carbons (Fsp3) is 0.316. The van der Waals surface area contributed by atoms with Crippen molar-refractivity contribution in [3.8, 4) is 11.5 Å². The molecule has 0 saturated carbocycles. The van der Waals surface area contributed by atoms with Gasteiger partial charge in [0.15, 0.2) is 23.1 Å². The Balaban J connectivity index is 1.64. The number of ether oxygens (including phenoxy) is 1. The van der Waals surface area contributed by atoms with E-state index in [-0.39, 0.29) is 29.2 Å². The molecule has 158 valence electrons. The van der Waals surface area contributed by atoms with Crippen molar-refractivity contribution in [1.29, 1.82) is 0 Å². The highest BCUT2D eigenvalue weighted by molar-refractivity contribution is 7.91. The maximum Gasteiger partial charge on any atom is 0.294 e. The van der Waals surface area contributed by atoms with Crippen LogP contribution in [0.5, 0.6) is 11.5 Å². The number of nitrogens with one attached hydrogen (secondary N) is 1. The second kappa shape index (κ2) is 7.63. The van der Waals surface area contributed by atoms with E-state index in [0.717, 1.165) is 12.1 Å². The molecule has 3 heterocycles. The molecule has 0 spiro atoms. The van der Waals surface area contributed by atoms with Gasteiger partial charge in [-0.1, -0.05) is 6.07 Å². The Hall–Kier alpha value is -3.08. The molecule has 1 fully saturated rings. The van der Waals surface area contributed by atoms with E-state index in [1.165, 1.54) is 29.9 Å². The summed E-state index contributed by atoms with van der Waals surface area (Å²) in [6, 6.07) is 4.48. The smallest absolute Gasteiger partial charge is 0.294 e. The summed E-state index contributed by atoms with van der Waals surface area (Å²) < 4.78 is 57.2. The molecule has 2 aromatic heterocycles. The van der Waals surface area contributed by atoms with Crippen LogP contribution in [-0.2, 0) is 16.9 Å². The molecule has 1 N–H and O–H groups in total. The highest BCUT2D eigenvalue weighted by atomic mass is 32.2.